The van der Waals surface area contributed by atoms with Crippen LogP contribution in [0.15, 0.2) is 29.7 Å². The molecule has 6 nitrogen and oxygen atoms in total. The van der Waals surface area contributed by atoms with Crippen LogP contribution in [0.3, 0.4) is 0 Å². The van der Waals surface area contributed by atoms with Gasteiger partial charge < -0.3 is 0 Å². The van der Waals surface area contributed by atoms with Crippen LogP contribution in [0.5, 0.6) is 0 Å². The third kappa shape index (κ3) is 1.73. The van der Waals surface area contributed by atoms with E-state index in [1.807, 2.05) is 6.92 Å². The minimum atomic E-state index is -3.59. The van der Waals surface area contributed by atoms with Crippen molar-refractivity contribution in [3.63, 3.8) is 0 Å². The maximum atomic E-state index is 12.0. The highest BCUT2D eigenvalue weighted by molar-refractivity contribution is 7.89. The highest BCUT2D eigenvalue weighted by Gasteiger charge is 2.19. The fourth-order valence-corrected chi connectivity index (χ4v) is 2.41. The molecule has 86 valence electrons. The van der Waals surface area contributed by atoms with Crippen LogP contribution in [0.4, 0.5) is 0 Å². The van der Waals surface area contributed by atoms with Gasteiger partial charge in [-0.3, -0.25) is 4.68 Å². The van der Waals surface area contributed by atoms with Gasteiger partial charge in [-0.2, -0.15) is 22.7 Å². The number of hydrogen-bond acceptors (Lipinski definition) is 4. The van der Waals surface area contributed by atoms with E-state index < -0.39 is 10.0 Å². The minimum absolute atomic E-state index is 0.150. The zero-order valence-electron chi connectivity index (χ0n) is 9.03. The Hall–Kier alpha value is -1.63. The number of rotatable bonds is 3. The first-order valence-electron chi connectivity index (χ1n) is 4.83. The largest absolute Gasteiger partial charge is 0.286 e. The predicted octanol–water partition coefficient (Wildman–Crippen LogP) is 0.645. The molecule has 0 radical (unpaired) electrons. The van der Waals surface area contributed by atoms with Crippen LogP contribution in [0.25, 0.3) is 0 Å². The lowest BCUT2D eigenvalue weighted by Crippen LogP contribution is -2.12. The van der Waals surface area contributed by atoms with Gasteiger partial charge in [0.05, 0.1) is 12.4 Å². The average Bonchev–Trinajstić information content (AvgIpc) is 2.85. The van der Waals surface area contributed by atoms with Gasteiger partial charge >= 0.3 is 0 Å². The second-order valence-corrected chi connectivity index (χ2v) is 5.22. The van der Waals surface area contributed by atoms with Crippen molar-refractivity contribution in [2.24, 2.45) is 0 Å². The Morgan fingerprint density at radius 2 is 2.00 bits per heavy atom. The summed E-state index contributed by atoms with van der Waals surface area (Å²) in [6, 6.07) is 0. The van der Waals surface area contributed by atoms with E-state index in [2.05, 4.69) is 10.2 Å². The third-order valence-corrected chi connectivity index (χ3v) is 3.67. The Balaban J connectivity index is 2.46. The molecule has 0 unspecified atom stereocenters. The molecule has 2 aromatic heterocycles. The monoisotopic (exact) mass is 240 g/mol. The SMILES string of the molecule is CCn1cc(S(=O)(=O)n2cc(C)cn2)cn1. The maximum Gasteiger partial charge on any atom is 0.286 e. The van der Waals surface area contributed by atoms with Crippen molar-refractivity contribution in [2.45, 2.75) is 25.3 Å². The quantitative estimate of drug-likeness (QED) is 0.789. The second kappa shape index (κ2) is 3.75. The van der Waals surface area contributed by atoms with Gasteiger partial charge in [0.15, 0.2) is 0 Å². The van der Waals surface area contributed by atoms with Crippen molar-refractivity contribution < 1.29 is 8.42 Å². The molecule has 0 aliphatic rings. The molecule has 0 atom stereocenters. The summed E-state index contributed by atoms with van der Waals surface area (Å²) in [5.74, 6) is 0. The second-order valence-electron chi connectivity index (χ2n) is 3.43. The molecule has 0 spiro atoms. The molecule has 16 heavy (non-hydrogen) atoms. The van der Waals surface area contributed by atoms with Gasteiger partial charge in [-0.15, -0.1) is 0 Å². The Bertz CT molecular complexity index is 597. The fourth-order valence-electron chi connectivity index (χ4n) is 1.28. The molecule has 0 saturated carbocycles. The third-order valence-electron chi connectivity index (χ3n) is 2.17. The van der Waals surface area contributed by atoms with Crippen molar-refractivity contribution in [3.8, 4) is 0 Å². The van der Waals surface area contributed by atoms with Crippen LogP contribution in [0.1, 0.15) is 12.5 Å². The molecule has 2 heterocycles. The van der Waals surface area contributed by atoms with Gasteiger partial charge in [-0.25, -0.2) is 0 Å². The van der Waals surface area contributed by atoms with E-state index in [9.17, 15) is 8.42 Å². The normalized spacial score (nSPS) is 11.9. The van der Waals surface area contributed by atoms with Gasteiger partial charge in [0.2, 0.25) is 0 Å². The van der Waals surface area contributed by atoms with Crippen LogP contribution in [0, 0.1) is 6.92 Å². The molecule has 0 N–H and O–H groups in total. The maximum absolute atomic E-state index is 12.0. The first-order valence-corrected chi connectivity index (χ1v) is 6.27. The number of aromatic nitrogens is 4. The van der Waals surface area contributed by atoms with Crippen LogP contribution in [0.2, 0.25) is 0 Å². The molecule has 0 saturated heterocycles. The van der Waals surface area contributed by atoms with Crippen LogP contribution >= 0.6 is 0 Å². The lowest BCUT2D eigenvalue weighted by molar-refractivity contribution is 0.579. The molecule has 0 aromatic carbocycles. The van der Waals surface area contributed by atoms with Gasteiger partial charge in [0.25, 0.3) is 10.0 Å². The molecule has 2 rings (SSSR count). The van der Waals surface area contributed by atoms with E-state index in [1.165, 1.54) is 24.8 Å². The Morgan fingerprint density at radius 1 is 1.25 bits per heavy atom. The molecule has 0 amide bonds. The summed E-state index contributed by atoms with van der Waals surface area (Å²) in [7, 11) is -3.59. The summed E-state index contributed by atoms with van der Waals surface area (Å²) in [5.41, 5.74) is 0.798. The summed E-state index contributed by atoms with van der Waals surface area (Å²) in [4.78, 5) is 0.150. The molecule has 0 fully saturated rings. The summed E-state index contributed by atoms with van der Waals surface area (Å²) in [6.07, 6.45) is 5.79. The van der Waals surface area contributed by atoms with E-state index in [0.29, 0.717) is 6.54 Å². The Labute approximate surface area is 93.6 Å². The Morgan fingerprint density at radius 3 is 2.50 bits per heavy atom. The molecule has 7 heteroatoms. The Kier molecular flexibility index (Phi) is 2.55. The van der Waals surface area contributed by atoms with E-state index in [4.69, 9.17) is 0 Å². The van der Waals surface area contributed by atoms with Crippen molar-refractivity contribution in [3.05, 3.63) is 30.4 Å². The lowest BCUT2D eigenvalue weighted by Gasteiger charge is -1.99. The minimum Gasteiger partial charge on any atom is -0.272 e. The van der Waals surface area contributed by atoms with Crippen molar-refractivity contribution in [1.29, 1.82) is 0 Å². The standard InChI is InChI=1S/C9H12N4O2S/c1-3-12-7-9(5-10-12)16(14,15)13-6-8(2)4-11-13/h4-7H,3H2,1-2H3. The van der Waals surface area contributed by atoms with Gasteiger partial charge in [0.1, 0.15) is 4.90 Å². The molecule has 0 aliphatic heterocycles. The van der Waals surface area contributed by atoms with Gasteiger partial charge in [0, 0.05) is 18.9 Å². The van der Waals surface area contributed by atoms with Crippen molar-refractivity contribution in [2.75, 3.05) is 0 Å². The summed E-state index contributed by atoms with van der Waals surface area (Å²) in [5, 5.41) is 7.72. The summed E-state index contributed by atoms with van der Waals surface area (Å²) >= 11 is 0. The molecular weight excluding hydrogens is 228 g/mol. The molecular formula is C9H12N4O2S. The van der Waals surface area contributed by atoms with E-state index in [1.54, 1.807) is 11.6 Å². The molecule has 0 aliphatic carbocycles. The fraction of sp³-hybridized carbons (Fsp3) is 0.333. The van der Waals surface area contributed by atoms with Gasteiger partial charge in [-0.05, 0) is 19.4 Å². The van der Waals surface area contributed by atoms with Crippen molar-refractivity contribution >= 4 is 10.0 Å². The smallest absolute Gasteiger partial charge is 0.272 e. The zero-order valence-corrected chi connectivity index (χ0v) is 9.85. The highest BCUT2D eigenvalue weighted by Crippen LogP contribution is 2.12. The van der Waals surface area contributed by atoms with Crippen LogP contribution in [-0.4, -0.2) is 27.4 Å². The van der Waals surface area contributed by atoms with Crippen LogP contribution < -0.4 is 0 Å². The summed E-state index contributed by atoms with van der Waals surface area (Å²) < 4.78 is 26.6. The van der Waals surface area contributed by atoms with Gasteiger partial charge in [-0.1, -0.05) is 0 Å². The van der Waals surface area contributed by atoms with E-state index >= 15 is 0 Å². The topological polar surface area (TPSA) is 69.8 Å². The highest BCUT2D eigenvalue weighted by atomic mass is 32.2. The first kappa shape index (κ1) is 10.9. The summed E-state index contributed by atoms with van der Waals surface area (Å²) in [6.45, 7) is 4.31. The average molecular weight is 240 g/mol. The zero-order chi connectivity index (χ0) is 11.8. The first-order chi connectivity index (χ1) is 7.54. The number of aryl methyl sites for hydroxylation is 2. The number of hydrogen-bond donors (Lipinski definition) is 0. The lowest BCUT2D eigenvalue weighted by atomic mass is 10.4. The number of nitrogens with zero attached hydrogens (tertiary/aromatic N) is 4. The van der Waals surface area contributed by atoms with E-state index in [0.717, 1.165) is 9.65 Å². The predicted molar refractivity (Wildman–Crippen MR) is 57.4 cm³/mol. The molecule has 2 aromatic rings. The molecule has 0 bridgehead atoms. The van der Waals surface area contributed by atoms with Crippen LogP contribution in [-0.2, 0) is 16.6 Å². The van der Waals surface area contributed by atoms with Crippen molar-refractivity contribution in [1.82, 2.24) is 19.0 Å². The van der Waals surface area contributed by atoms with E-state index in [-0.39, 0.29) is 4.90 Å².